The molecule has 0 radical (unpaired) electrons. The van der Waals surface area contributed by atoms with Crippen LogP contribution in [0, 0.1) is 17.0 Å². The molecular formula is C13H15F2NO4. The third-order valence-electron chi connectivity index (χ3n) is 2.61. The van der Waals surface area contributed by atoms with Gasteiger partial charge in [0.1, 0.15) is 6.61 Å². The summed E-state index contributed by atoms with van der Waals surface area (Å²) in [5, 5.41) is 0. The van der Waals surface area contributed by atoms with Crippen molar-refractivity contribution in [1.29, 1.82) is 0 Å². The molecule has 0 aliphatic heterocycles. The predicted molar refractivity (Wildman–Crippen MR) is 66.8 cm³/mol. The fourth-order valence-electron chi connectivity index (χ4n) is 1.40. The highest BCUT2D eigenvalue weighted by Gasteiger charge is 2.31. The van der Waals surface area contributed by atoms with Crippen LogP contribution in [0.5, 0.6) is 0 Å². The third-order valence-corrected chi connectivity index (χ3v) is 2.61. The molecule has 0 saturated carbocycles. The smallest absolute Gasteiger partial charge is 0.340 e. The molecule has 1 aromatic rings. The van der Waals surface area contributed by atoms with E-state index in [4.69, 9.17) is 10.5 Å². The Bertz CT molecular complexity index is 543. The number of nitrogens with two attached hydrogens (primary N) is 1. The van der Waals surface area contributed by atoms with Gasteiger partial charge in [-0.1, -0.05) is 0 Å². The van der Waals surface area contributed by atoms with Crippen molar-refractivity contribution in [2.45, 2.75) is 13.8 Å². The number of rotatable bonds is 4. The highest BCUT2D eigenvalue weighted by molar-refractivity contribution is 5.95. The van der Waals surface area contributed by atoms with Crippen molar-refractivity contribution in [2.75, 3.05) is 19.5 Å². The lowest BCUT2D eigenvalue weighted by Gasteiger charge is -2.21. The summed E-state index contributed by atoms with van der Waals surface area (Å²) in [4.78, 5) is 23.1. The molecule has 0 fully saturated rings. The Balaban J connectivity index is 2.83. The molecule has 0 aromatic heterocycles. The number of methoxy groups -OCH3 is 1. The minimum atomic E-state index is -1.21. The second kappa shape index (κ2) is 5.85. The number of nitrogen functional groups attached to an aromatic ring is 1. The van der Waals surface area contributed by atoms with Gasteiger partial charge in [-0.2, -0.15) is 0 Å². The summed E-state index contributed by atoms with van der Waals surface area (Å²) in [6.07, 6.45) is 0. The molecule has 0 unspecified atom stereocenters. The van der Waals surface area contributed by atoms with E-state index in [9.17, 15) is 18.4 Å². The van der Waals surface area contributed by atoms with Gasteiger partial charge in [-0.3, -0.25) is 4.79 Å². The summed E-state index contributed by atoms with van der Waals surface area (Å²) < 4.78 is 35.4. The van der Waals surface area contributed by atoms with E-state index in [0.717, 1.165) is 0 Å². The molecule has 0 bridgehead atoms. The number of hydrogen-bond donors (Lipinski definition) is 1. The lowest BCUT2D eigenvalue weighted by Crippen LogP contribution is -2.32. The van der Waals surface area contributed by atoms with Gasteiger partial charge in [-0.25, -0.2) is 13.6 Å². The first-order valence-electron chi connectivity index (χ1n) is 5.69. The fraction of sp³-hybridized carbons (Fsp3) is 0.385. The largest absolute Gasteiger partial charge is 0.469 e. The number of halogens is 2. The standard InChI is InChI=1S/C13H15F2NO4/c1-13(2,12(18)19-3)6-20-11(17)7-4-8(14)9(15)5-10(7)16/h4-5H,6,16H2,1-3H3. The van der Waals surface area contributed by atoms with Crippen LogP contribution in [-0.4, -0.2) is 25.7 Å². The summed E-state index contributed by atoms with van der Waals surface area (Å²) in [5.74, 6) is -3.88. The van der Waals surface area contributed by atoms with Gasteiger partial charge in [0, 0.05) is 11.8 Å². The Morgan fingerprint density at radius 3 is 2.35 bits per heavy atom. The van der Waals surface area contributed by atoms with E-state index >= 15 is 0 Å². The zero-order valence-electron chi connectivity index (χ0n) is 11.3. The van der Waals surface area contributed by atoms with Crippen molar-refractivity contribution >= 4 is 17.6 Å². The molecule has 1 rings (SSSR count). The lowest BCUT2D eigenvalue weighted by atomic mass is 9.95. The van der Waals surface area contributed by atoms with Gasteiger partial charge in [0.15, 0.2) is 11.6 Å². The van der Waals surface area contributed by atoms with Crippen LogP contribution in [0.25, 0.3) is 0 Å². The topological polar surface area (TPSA) is 78.6 Å². The van der Waals surface area contributed by atoms with Gasteiger partial charge in [-0.15, -0.1) is 0 Å². The van der Waals surface area contributed by atoms with Crippen molar-refractivity contribution in [2.24, 2.45) is 5.41 Å². The van der Waals surface area contributed by atoms with Crippen LogP contribution in [0.2, 0.25) is 0 Å². The van der Waals surface area contributed by atoms with E-state index in [1.54, 1.807) is 0 Å². The number of carbonyl (C=O) groups excluding carboxylic acids is 2. The average Bonchev–Trinajstić information content (AvgIpc) is 2.39. The summed E-state index contributed by atoms with van der Waals surface area (Å²) in [5.41, 5.74) is 3.81. The Kier molecular flexibility index (Phi) is 4.65. The Labute approximate surface area is 114 Å². The maximum Gasteiger partial charge on any atom is 0.340 e. The maximum atomic E-state index is 13.1. The maximum absolute atomic E-state index is 13.1. The van der Waals surface area contributed by atoms with E-state index in [-0.39, 0.29) is 17.9 Å². The second-order valence-corrected chi connectivity index (χ2v) is 4.81. The van der Waals surface area contributed by atoms with Gasteiger partial charge in [0.25, 0.3) is 0 Å². The highest BCUT2D eigenvalue weighted by Crippen LogP contribution is 2.21. The van der Waals surface area contributed by atoms with Crippen LogP contribution in [0.4, 0.5) is 14.5 Å². The summed E-state index contributed by atoms with van der Waals surface area (Å²) >= 11 is 0. The molecular weight excluding hydrogens is 272 g/mol. The molecule has 7 heteroatoms. The first kappa shape index (κ1) is 15.9. The van der Waals surface area contributed by atoms with Crippen LogP contribution in [-0.2, 0) is 14.3 Å². The fourth-order valence-corrected chi connectivity index (χ4v) is 1.40. The van der Waals surface area contributed by atoms with Crippen molar-refractivity contribution in [3.63, 3.8) is 0 Å². The first-order chi connectivity index (χ1) is 9.19. The molecule has 2 N–H and O–H groups in total. The summed E-state index contributed by atoms with van der Waals surface area (Å²) in [6, 6.07) is 1.34. The van der Waals surface area contributed by atoms with E-state index in [1.807, 2.05) is 0 Å². The summed E-state index contributed by atoms with van der Waals surface area (Å²) in [6.45, 7) is 2.75. The third kappa shape index (κ3) is 3.43. The van der Waals surface area contributed by atoms with Crippen molar-refractivity contribution in [3.8, 4) is 0 Å². The minimum absolute atomic E-state index is 0.246. The Morgan fingerprint density at radius 2 is 1.80 bits per heavy atom. The summed E-state index contributed by atoms with van der Waals surface area (Å²) in [7, 11) is 1.21. The molecule has 1 aromatic carbocycles. The number of hydrogen-bond acceptors (Lipinski definition) is 5. The van der Waals surface area contributed by atoms with E-state index in [1.165, 1.54) is 21.0 Å². The number of anilines is 1. The minimum Gasteiger partial charge on any atom is -0.469 e. The van der Waals surface area contributed by atoms with Crippen LogP contribution < -0.4 is 5.73 Å². The van der Waals surface area contributed by atoms with Crippen LogP contribution in [0.1, 0.15) is 24.2 Å². The lowest BCUT2D eigenvalue weighted by molar-refractivity contribution is -0.152. The zero-order chi connectivity index (χ0) is 15.5. The first-order valence-corrected chi connectivity index (χ1v) is 5.69. The van der Waals surface area contributed by atoms with Gasteiger partial charge < -0.3 is 15.2 Å². The molecule has 110 valence electrons. The van der Waals surface area contributed by atoms with E-state index in [2.05, 4.69) is 4.74 Å². The highest BCUT2D eigenvalue weighted by atomic mass is 19.2. The van der Waals surface area contributed by atoms with Crippen LogP contribution >= 0.6 is 0 Å². The molecule has 0 amide bonds. The molecule has 0 heterocycles. The SMILES string of the molecule is COC(=O)C(C)(C)COC(=O)c1cc(F)c(F)cc1N. The van der Waals surface area contributed by atoms with Gasteiger partial charge >= 0.3 is 11.9 Å². The second-order valence-electron chi connectivity index (χ2n) is 4.81. The quantitative estimate of drug-likeness (QED) is 0.676. The Morgan fingerprint density at radius 1 is 1.25 bits per heavy atom. The molecule has 0 saturated heterocycles. The zero-order valence-corrected chi connectivity index (χ0v) is 11.3. The molecule has 5 nitrogen and oxygen atoms in total. The van der Waals surface area contributed by atoms with Crippen molar-refractivity contribution in [1.82, 2.24) is 0 Å². The van der Waals surface area contributed by atoms with Crippen molar-refractivity contribution in [3.05, 3.63) is 29.3 Å². The van der Waals surface area contributed by atoms with Gasteiger partial charge in [0.2, 0.25) is 0 Å². The van der Waals surface area contributed by atoms with Crippen LogP contribution in [0.15, 0.2) is 12.1 Å². The number of ether oxygens (including phenoxy) is 2. The number of carbonyl (C=O) groups is 2. The molecule has 0 spiro atoms. The molecule has 0 aliphatic carbocycles. The van der Waals surface area contributed by atoms with Gasteiger partial charge in [0.05, 0.1) is 18.1 Å². The van der Waals surface area contributed by atoms with Crippen LogP contribution in [0.3, 0.4) is 0 Å². The average molecular weight is 287 g/mol. The molecule has 0 aliphatic rings. The number of benzene rings is 1. The normalized spacial score (nSPS) is 11.1. The molecule has 20 heavy (non-hydrogen) atoms. The van der Waals surface area contributed by atoms with E-state index < -0.39 is 29.0 Å². The van der Waals surface area contributed by atoms with Crippen molar-refractivity contribution < 1.29 is 27.8 Å². The van der Waals surface area contributed by atoms with Gasteiger partial charge in [-0.05, 0) is 19.9 Å². The number of esters is 2. The predicted octanol–water partition coefficient (Wildman–Crippen LogP) is 1.90. The molecule has 0 atom stereocenters. The Hall–Kier alpha value is -2.18. The monoisotopic (exact) mass is 287 g/mol. The van der Waals surface area contributed by atoms with E-state index in [0.29, 0.717) is 12.1 Å².